The van der Waals surface area contributed by atoms with Crippen molar-refractivity contribution in [2.24, 2.45) is 0 Å². The highest BCUT2D eigenvalue weighted by Gasteiger charge is 2.24. The Morgan fingerprint density at radius 3 is 1.71 bits per heavy atom. The predicted molar refractivity (Wildman–Crippen MR) is 101 cm³/mol. The molecule has 0 heterocycles. The zero-order chi connectivity index (χ0) is 16.3. The summed E-state index contributed by atoms with van der Waals surface area (Å²) in [4.78, 5) is 0. The normalized spacial score (nSPS) is 13.6. The minimum Gasteiger partial charge on any atom is -0.126 e. The van der Waals surface area contributed by atoms with Gasteiger partial charge in [0.15, 0.2) is 0 Å². The van der Waals surface area contributed by atoms with Gasteiger partial charge in [0.05, 0.1) is 0 Å². The Bertz CT molecular complexity index is 403. The first-order chi connectivity index (χ1) is 10.1. The summed E-state index contributed by atoms with van der Waals surface area (Å²) in [5, 5.41) is 0. The molecule has 0 aromatic heterocycles. The topological polar surface area (TPSA) is 0 Å². The van der Waals surface area contributed by atoms with Gasteiger partial charge in [-0.25, -0.2) is 0 Å². The van der Waals surface area contributed by atoms with E-state index in [1.54, 1.807) is 0 Å². The van der Waals surface area contributed by atoms with Crippen LogP contribution in [0.1, 0.15) is 74.1 Å². The second-order valence-electron chi connectivity index (χ2n) is 5.75. The smallest absolute Gasteiger partial charge is 0.126 e. The van der Waals surface area contributed by atoms with Gasteiger partial charge in [-0.3, -0.25) is 0 Å². The second kappa shape index (κ2) is 10.9. The molecule has 120 valence electrons. The van der Waals surface area contributed by atoms with E-state index < -0.39 is 8.07 Å². The van der Waals surface area contributed by atoms with Crippen LogP contribution in [0, 0.1) is 11.5 Å². The maximum absolute atomic E-state index is 3.77. The van der Waals surface area contributed by atoms with Crippen LogP contribution < -0.4 is 0 Å². The van der Waals surface area contributed by atoms with Crippen molar-refractivity contribution in [3.63, 3.8) is 0 Å². The van der Waals surface area contributed by atoms with Crippen LogP contribution in [-0.2, 0) is 0 Å². The number of hydrogen-bond acceptors (Lipinski definition) is 0. The van der Waals surface area contributed by atoms with E-state index in [1.165, 1.54) is 34.9 Å². The minimum atomic E-state index is -1.33. The molecule has 0 atom stereocenters. The molecule has 0 aromatic rings. The summed E-state index contributed by atoms with van der Waals surface area (Å²) in [6.07, 6.45) is 6.81. The van der Waals surface area contributed by atoms with Gasteiger partial charge >= 0.3 is 0 Å². The Hall–Kier alpha value is -0.743. The quantitative estimate of drug-likeness (QED) is 0.260. The lowest BCUT2D eigenvalue weighted by Gasteiger charge is -2.20. The van der Waals surface area contributed by atoms with Crippen LogP contribution in [0.5, 0.6) is 0 Å². The number of hydrogen-bond donors (Lipinski definition) is 0. The molecular formula is C20H36Si. The van der Waals surface area contributed by atoms with Crippen molar-refractivity contribution in [1.29, 1.82) is 0 Å². The molecule has 0 aliphatic rings. The van der Waals surface area contributed by atoms with E-state index in [9.17, 15) is 0 Å². The average molecular weight is 305 g/mol. The van der Waals surface area contributed by atoms with Crippen LogP contribution in [0.25, 0.3) is 0 Å². The molecule has 0 nitrogen and oxygen atoms in total. The van der Waals surface area contributed by atoms with E-state index >= 15 is 0 Å². The first-order valence-corrected chi connectivity index (χ1v) is 11.6. The van der Waals surface area contributed by atoms with Gasteiger partial charge in [-0.05, 0) is 55.0 Å². The third-order valence-electron chi connectivity index (χ3n) is 4.80. The third kappa shape index (κ3) is 5.87. The van der Waals surface area contributed by atoms with Gasteiger partial charge in [0.25, 0.3) is 0 Å². The summed E-state index contributed by atoms with van der Waals surface area (Å²) < 4.78 is 0. The van der Waals surface area contributed by atoms with Crippen LogP contribution in [0.2, 0.25) is 18.1 Å². The van der Waals surface area contributed by atoms with Crippen molar-refractivity contribution < 1.29 is 0 Å². The Balaban J connectivity index is 5.77. The molecule has 0 saturated carbocycles. The summed E-state index contributed by atoms with van der Waals surface area (Å²) in [5.41, 5.74) is 8.20. The zero-order valence-corrected chi connectivity index (χ0v) is 16.5. The first-order valence-electron chi connectivity index (χ1n) is 9.02. The molecule has 0 aromatic carbocycles. The lowest BCUT2D eigenvalue weighted by molar-refractivity contribution is 0.968. The zero-order valence-electron chi connectivity index (χ0n) is 15.5. The van der Waals surface area contributed by atoms with Gasteiger partial charge < -0.3 is 0 Å². The molecule has 0 bridgehead atoms. The van der Waals surface area contributed by atoms with Crippen molar-refractivity contribution in [3.8, 4) is 11.5 Å². The molecule has 0 amide bonds. The fraction of sp³-hybridized carbons (Fsp3) is 0.700. The number of allylic oxidation sites excluding steroid dienone is 4. The molecule has 0 unspecified atom stereocenters. The second-order valence-corrected chi connectivity index (χ2v) is 10.7. The van der Waals surface area contributed by atoms with Gasteiger partial charge in [0.2, 0.25) is 0 Å². The predicted octanol–water partition coefficient (Wildman–Crippen LogP) is 6.90. The molecule has 0 saturated heterocycles. The maximum atomic E-state index is 3.77. The van der Waals surface area contributed by atoms with Gasteiger partial charge in [0.1, 0.15) is 8.07 Å². The summed E-state index contributed by atoms with van der Waals surface area (Å²) in [6, 6.07) is 3.87. The maximum Gasteiger partial charge on any atom is 0.138 e. The molecule has 1 heteroatoms. The summed E-state index contributed by atoms with van der Waals surface area (Å²) in [5.74, 6) is 3.64. The highest BCUT2D eigenvalue weighted by Crippen LogP contribution is 2.25. The largest absolute Gasteiger partial charge is 0.138 e. The van der Waals surface area contributed by atoms with Crippen LogP contribution in [0.15, 0.2) is 22.8 Å². The summed E-state index contributed by atoms with van der Waals surface area (Å²) in [6.45, 7) is 16.0. The lowest BCUT2D eigenvalue weighted by atomic mass is 9.94. The van der Waals surface area contributed by atoms with Crippen molar-refractivity contribution >= 4 is 8.07 Å². The van der Waals surface area contributed by atoms with Crippen LogP contribution in [0.3, 0.4) is 0 Å². The highest BCUT2D eigenvalue weighted by molar-refractivity contribution is 6.87. The molecule has 0 aliphatic heterocycles. The summed E-state index contributed by atoms with van der Waals surface area (Å²) >= 11 is 0. The van der Waals surface area contributed by atoms with Crippen molar-refractivity contribution in [1.82, 2.24) is 0 Å². The van der Waals surface area contributed by atoms with Gasteiger partial charge in [-0.15, -0.1) is 5.54 Å². The minimum absolute atomic E-state index is 1.07. The highest BCUT2D eigenvalue weighted by atomic mass is 28.3. The van der Waals surface area contributed by atoms with Gasteiger partial charge in [-0.2, -0.15) is 0 Å². The first kappa shape index (κ1) is 20.3. The SMILES string of the molecule is CC/C=C(CC)/C(CC)=C(/C#C[Si](CC)(CC)CC)CC. The van der Waals surface area contributed by atoms with Crippen LogP contribution in [-0.4, -0.2) is 8.07 Å². The van der Waals surface area contributed by atoms with E-state index in [-0.39, 0.29) is 0 Å². The van der Waals surface area contributed by atoms with Crippen LogP contribution in [0.4, 0.5) is 0 Å². The molecular weight excluding hydrogens is 268 g/mol. The standard InChI is InChI=1S/C20H36Si/c1-8-15-18(9-2)20(11-4)19(10-3)16-17-21(12-5,13-6)14-7/h15H,8-14H2,1-7H3/b18-15+,20-19+. The van der Waals surface area contributed by atoms with Crippen molar-refractivity contribution in [2.45, 2.75) is 92.3 Å². The third-order valence-corrected chi connectivity index (χ3v) is 9.52. The molecule has 0 N–H and O–H groups in total. The van der Waals surface area contributed by atoms with E-state index in [0.717, 1.165) is 25.7 Å². The Labute approximate surface area is 135 Å². The van der Waals surface area contributed by atoms with Crippen molar-refractivity contribution in [3.05, 3.63) is 22.8 Å². The lowest BCUT2D eigenvalue weighted by Crippen LogP contribution is -2.29. The Kier molecular flexibility index (Phi) is 10.5. The Morgan fingerprint density at radius 1 is 0.810 bits per heavy atom. The van der Waals surface area contributed by atoms with Gasteiger partial charge in [-0.1, -0.05) is 60.5 Å². The van der Waals surface area contributed by atoms with E-state index in [4.69, 9.17) is 0 Å². The average Bonchev–Trinajstić information content (AvgIpc) is 2.54. The van der Waals surface area contributed by atoms with E-state index in [0.29, 0.717) is 0 Å². The molecule has 0 spiro atoms. The number of rotatable bonds is 8. The fourth-order valence-corrected chi connectivity index (χ4v) is 5.41. The summed E-state index contributed by atoms with van der Waals surface area (Å²) in [7, 11) is -1.33. The van der Waals surface area contributed by atoms with E-state index in [1.807, 2.05) is 0 Å². The van der Waals surface area contributed by atoms with Gasteiger partial charge in [0, 0.05) is 5.57 Å². The monoisotopic (exact) mass is 304 g/mol. The molecule has 21 heavy (non-hydrogen) atoms. The molecule has 0 radical (unpaired) electrons. The molecule has 0 rings (SSSR count). The van der Waals surface area contributed by atoms with E-state index in [2.05, 4.69) is 66.0 Å². The van der Waals surface area contributed by atoms with Crippen molar-refractivity contribution in [2.75, 3.05) is 0 Å². The van der Waals surface area contributed by atoms with Crippen LogP contribution >= 0.6 is 0 Å². The molecule has 0 aliphatic carbocycles. The Morgan fingerprint density at radius 2 is 1.38 bits per heavy atom. The molecule has 0 fully saturated rings. The fourth-order valence-electron chi connectivity index (χ4n) is 2.96.